The number of hydrogen-bond acceptors (Lipinski definition) is 5. The molecule has 1 aromatic heterocycles. The standard InChI is InChI=1S/C18H29N3O3S/c1-6-15(23)16(12(4)22)20(5)18(24)21(14-7-8-14)9-13-10-25-17(19-13)11(2)3/h10-12,14,16,22H,6-9H2,1-5H3. The minimum atomic E-state index is -0.894. The molecule has 1 heterocycles. The minimum Gasteiger partial charge on any atom is -0.391 e. The van der Waals surface area contributed by atoms with Crippen molar-refractivity contribution in [2.45, 2.75) is 77.6 Å². The van der Waals surface area contributed by atoms with Crippen molar-refractivity contribution in [3.8, 4) is 0 Å². The van der Waals surface area contributed by atoms with Gasteiger partial charge in [0.2, 0.25) is 0 Å². The van der Waals surface area contributed by atoms with Crippen LogP contribution in [0.5, 0.6) is 0 Å². The van der Waals surface area contributed by atoms with Crippen molar-refractivity contribution < 1.29 is 14.7 Å². The molecular formula is C18H29N3O3S. The molecular weight excluding hydrogens is 338 g/mol. The van der Waals surface area contributed by atoms with E-state index in [1.54, 1.807) is 37.1 Å². The highest BCUT2D eigenvalue weighted by Crippen LogP contribution is 2.30. The maximum Gasteiger partial charge on any atom is 0.321 e. The van der Waals surface area contributed by atoms with E-state index in [1.165, 1.54) is 4.90 Å². The summed E-state index contributed by atoms with van der Waals surface area (Å²) in [6.45, 7) is 7.95. The van der Waals surface area contributed by atoms with Gasteiger partial charge in [0.15, 0.2) is 5.78 Å². The predicted molar refractivity (Wildman–Crippen MR) is 98.7 cm³/mol. The number of urea groups is 1. The Balaban J connectivity index is 2.15. The Labute approximate surface area is 153 Å². The van der Waals surface area contributed by atoms with Gasteiger partial charge in [0.25, 0.3) is 0 Å². The third kappa shape index (κ3) is 4.79. The van der Waals surface area contributed by atoms with E-state index in [0.717, 1.165) is 23.5 Å². The van der Waals surface area contributed by atoms with Crippen LogP contribution in [0.3, 0.4) is 0 Å². The molecule has 7 heteroatoms. The van der Waals surface area contributed by atoms with Crippen molar-refractivity contribution in [2.75, 3.05) is 7.05 Å². The zero-order chi connectivity index (χ0) is 18.7. The molecule has 2 unspecified atom stereocenters. The first-order valence-electron chi connectivity index (χ1n) is 8.94. The van der Waals surface area contributed by atoms with E-state index >= 15 is 0 Å². The number of hydrogen-bond donors (Lipinski definition) is 1. The molecule has 1 aliphatic rings. The lowest BCUT2D eigenvalue weighted by Gasteiger charge is -2.34. The fourth-order valence-corrected chi connectivity index (χ4v) is 3.74. The summed E-state index contributed by atoms with van der Waals surface area (Å²) in [5.41, 5.74) is 0.887. The molecule has 2 atom stereocenters. The van der Waals surface area contributed by atoms with Gasteiger partial charge in [-0.25, -0.2) is 9.78 Å². The average Bonchev–Trinajstić information content (AvgIpc) is 3.28. The van der Waals surface area contributed by atoms with Crippen LogP contribution in [0.25, 0.3) is 0 Å². The molecule has 25 heavy (non-hydrogen) atoms. The second kappa shape index (κ2) is 8.27. The van der Waals surface area contributed by atoms with Crippen molar-refractivity contribution in [1.29, 1.82) is 0 Å². The summed E-state index contributed by atoms with van der Waals surface area (Å²) in [6.07, 6.45) is 1.35. The number of carbonyl (C=O) groups excluding carboxylic acids is 2. The van der Waals surface area contributed by atoms with Gasteiger partial charge >= 0.3 is 6.03 Å². The fraction of sp³-hybridized carbons (Fsp3) is 0.722. The molecule has 0 aromatic carbocycles. The molecule has 0 saturated heterocycles. The topological polar surface area (TPSA) is 73.7 Å². The van der Waals surface area contributed by atoms with Crippen molar-refractivity contribution in [1.82, 2.24) is 14.8 Å². The van der Waals surface area contributed by atoms with Gasteiger partial charge in [0.1, 0.15) is 6.04 Å². The lowest BCUT2D eigenvalue weighted by Crippen LogP contribution is -2.53. The van der Waals surface area contributed by atoms with Crippen molar-refractivity contribution in [3.63, 3.8) is 0 Å². The predicted octanol–water partition coefficient (Wildman–Crippen LogP) is 3.01. The van der Waals surface area contributed by atoms with Crippen LogP contribution in [0, 0.1) is 0 Å². The number of Topliss-reactive ketones (excluding diaryl/α,β-unsaturated/α-hetero) is 1. The molecule has 1 fully saturated rings. The lowest BCUT2D eigenvalue weighted by molar-refractivity contribution is -0.126. The summed E-state index contributed by atoms with van der Waals surface area (Å²) < 4.78 is 0. The van der Waals surface area contributed by atoms with Gasteiger partial charge in [0, 0.05) is 30.8 Å². The van der Waals surface area contributed by atoms with Crippen LogP contribution < -0.4 is 0 Å². The van der Waals surface area contributed by atoms with E-state index in [0.29, 0.717) is 18.9 Å². The van der Waals surface area contributed by atoms with Crippen LogP contribution in [0.2, 0.25) is 0 Å². The Bertz CT molecular complexity index is 610. The van der Waals surface area contributed by atoms with E-state index in [1.807, 2.05) is 5.38 Å². The molecule has 2 amide bonds. The number of aliphatic hydroxyl groups excluding tert-OH is 1. The number of likely N-dealkylation sites (N-methyl/N-ethyl adjacent to an activating group) is 1. The Morgan fingerprint density at radius 2 is 2.00 bits per heavy atom. The molecule has 1 saturated carbocycles. The largest absolute Gasteiger partial charge is 0.391 e. The van der Waals surface area contributed by atoms with Crippen molar-refractivity contribution >= 4 is 23.2 Å². The molecule has 1 N–H and O–H groups in total. The SMILES string of the molecule is CCC(=O)C(C(C)O)N(C)C(=O)N(Cc1csc(C(C)C)n1)C1CC1. The molecule has 0 aliphatic heterocycles. The fourth-order valence-electron chi connectivity index (χ4n) is 2.91. The third-order valence-corrected chi connectivity index (χ3v) is 5.68. The summed E-state index contributed by atoms with van der Waals surface area (Å²) >= 11 is 1.61. The highest BCUT2D eigenvalue weighted by atomic mass is 32.1. The Kier molecular flexibility index (Phi) is 6.57. The zero-order valence-electron chi connectivity index (χ0n) is 15.7. The molecule has 2 rings (SSSR count). The Morgan fingerprint density at radius 1 is 1.36 bits per heavy atom. The van der Waals surface area contributed by atoms with E-state index in [4.69, 9.17) is 0 Å². The smallest absolute Gasteiger partial charge is 0.321 e. The quantitative estimate of drug-likeness (QED) is 0.766. The van der Waals surface area contributed by atoms with Gasteiger partial charge < -0.3 is 14.9 Å². The summed E-state index contributed by atoms with van der Waals surface area (Å²) in [4.78, 5) is 33.0. The van der Waals surface area contributed by atoms with Gasteiger partial charge in [-0.15, -0.1) is 11.3 Å². The highest BCUT2D eigenvalue weighted by molar-refractivity contribution is 7.09. The van der Waals surface area contributed by atoms with Crippen LogP contribution in [0.15, 0.2) is 5.38 Å². The number of aliphatic hydroxyl groups is 1. The first-order valence-corrected chi connectivity index (χ1v) is 9.82. The summed E-state index contributed by atoms with van der Waals surface area (Å²) in [5, 5.41) is 13.0. The van der Waals surface area contributed by atoms with Gasteiger partial charge in [-0.2, -0.15) is 0 Å². The number of aromatic nitrogens is 1. The molecule has 1 aromatic rings. The Hall–Kier alpha value is -1.47. The monoisotopic (exact) mass is 367 g/mol. The van der Waals surface area contributed by atoms with E-state index in [2.05, 4.69) is 18.8 Å². The average molecular weight is 368 g/mol. The van der Waals surface area contributed by atoms with Gasteiger partial charge in [0.05, 0.1) is 23.4 Å². The number of thiazole rings is 1. The van der Waals surface area contributed by atoms with Crippen molar-refractivity contribution in [2.24, 2.45) is 0 Å². The Morgan fingerprint density at radius 3 is 2.44 bits per heavy atom. The van der Waals surface area contributed by atoms with E-state index in [-0.39, 0.29) is 17.9 Å². The number of nitrogens with zero attached hydrogens (tertiary/aromatic N) is 3. The number of carbonyl (C=O) groups is 2. The first-order chi connectivity index (χ1) is 11.8. The summed E-state index contributed by atoms with van der Waals surface area (Å²) in [6, 6.07) is -0.819. The summed E-state index contributed by atoms with van der Waals surface area (Å²) in [5.74, 6) is 0.241. The van der Waals surface area contributed by atoms with Gasteiger partial charge in [-0.05, 0) is 19.8 Å². The molecule has 1 aliphatic carbocycles. The van der Waals surface area contributed by atoms with Crippen LogP contribution in [0.4, 0.5) is 4.79 Å². The van der Waals surface area contributed by atoms with Crippen LogP contribution in [0.1, 0.15) is 63.6 Å². The third-order valence-electron chi connectivity index (χ3n) is 4.48. The van der Waals surface area contributed by atoms with E-state index in [9.17, 15) is 14.7 Å². The van der Waals surface area contributed by atoms with Crippen LogP contribution >= 0.6 is 11.3 Å². The first kappa shape index (κ1) is 19.8. The van der Waals surface area contributed by atoms with E-state index < -0.39 is 12.1 Å². The van der Waals surface area contributed by atoms with Gasteiger partial charge in [-0.3, -0.25) is 4.79 Å². The number of amides is 2. The number of ketones is 1. The van der Waals surface area contributed by atoms with Crippen LogP contribution in [-0.2, 0) is 11.3 Å². The molecule has 140 valence electrons. The molecule has 0 spiro atoms. The van der Waals surface area contributed by atoms with Crippen molar-refractivity contribution in [3.05, 3.63) is 16.1 Å². The highest BCUT2D eigenvalue weighted by Gasteiger charge is 2.38. The zero-order valence-corrected chi connectivity index (χ0v) is 16.5. The molecule has 0 bridgehead atoms. The van der Waals surface area contributed by atoms with Crippen LogP contribution in [-0.4, -0.2) is 56.9 Å². The normalized spacial score (nSPS) is 16.6. The maximum absolute atomic E-state index is 13.0. The lowest BCUT2D eigenvalue weighted by atomic mass is 10.0. The minimum absolute atomic E-state index is 0.127. The molecule has 0 radical (unpaired) electrons. The molecule has 6 nitrogen and oxygen atoms in total. The maximum atomic E-state index is 13.0. The second-order valence-electron chi connectivity index (χ2n) is 7.09. The number of rotatable bonds is 8. The second-order valence-corrected chi connectivity index (χ2v) is 7.98. The van der Waals surface area contributed by atoms with Gasteiger partial charge in [-0.1, -0.05) is 20.8 Å². The summed E-state index contributed by atoms with van der Waals surface area (Å²) in [7, 11) is 1.60.